The summed E-state index contributed by atoms with van der Waals surface area (Å²) in [5.41, 5.74) is 2.79. The molecule has 0 spiro atoms. The van der Waals surface area contributed by atoms with Crippen LogP contribution in [0.15, 0.2) is 12.1 Å². The fourth-order valence-electron chi connectivity index (χ4n) is 1.58. The lowest BCUT2D eigenvalue weighted by molar-refractivity contribution is -0.136. The van der Waals surface area contributed by atoms with Crippen molar-refractivity contribution in [1.29, 1.82) is 0 Å². The Kier molecular flexibility index (Phi) is 3.93. The standard InChI is InChI=1S/C13H18O3/c1-8(2)16-12-6-9(3)11(5-10(12)4)7-13(14)15/h5-6,8H,7H2,1-4H3,(H,14,15). The van der Waals surface area contributed by atoms with E-state index in [-0.39, 0.29) is 12.5 Å². The molecule has 0 bridgehead atoms. The molecule has 88 valence electrons. The molecule has 1 aromatic carbocycles. The van der Waals surface area contributed by atoms with E-state index in [1.807, 2.05) is 39.8 Å². The highest BCUT2D eigenvalue weighted by atomic mass is 16.5. The van der Waals surface area contributed by atoms with Crippen LogP contribution >= 0.6 is 0 Å². The Balaban J connectivity index is 3.01. The van der Waals surface area contributed by atoms with Gasteiger partial charge >= 0.3 is 5.97 Å². The molecule has 1 rings (SSSR count). The molecule has 0 saturated carbocycles. The van der Waals surface area contributed by atoms with Gasteiger partial charge in [-0.25, -0.2) is 0 Å². The second-order valence-corrected chi connectivity index (χ2v) is 4.28. The highest BCUT2D eigenvalue weighted by molar-refractivity contribution is 5.71. The number of aliphatic carboxylic acids is 1. The smallest absolute Gasteiger partial charge is 0.307 e. The second kappa shape index (κ2) is 5.01. The van der Waals surface area contributed by atoms with Gasteiger partial charge in [0.05, 0.1) is 12.5 Å². The normalized spacial score (nSPS) is 10.6. The van der Waals surface area contributed by atoms with Crippen molar-refractivity contribution < 1.29 is 14.6 Å². The lowest BCUT2D eigenvalue weighted by Crippen LogP contribution is -2.08. The molecule has 0 amide bonds. The molecule has 0 radical (unpaired) electrons. The van der Waals surface area contributed by atoms with Crippen molar-refractivity contribution in [1.82, 2.24) is 0 Å². The van der Waals surface area contributed by atoms with Gasteiger partial charge in [0.2, 0.25) is 0 Å². The minimum Gasteiger partial charge on any atom is -0.491 e. The Morgan fingerprint density at radius 2 is 1.94 bits per heavy atom. The Morgan fingerprint density at radius 1 is 1.31 bits per heavy atom. The zero-order valence-corrected chi connectivity index (χ0v) is 10.2. The Morgan fingerprint density at radius 3 is 2.44 bits per heavy atom. The molecule has 16 heavy (non-hydrogen) atoms. The van der Waals surface area contributed by atoms with Gasteiger partial charge in [0.25, 0.3) is 0 Å². The molecule has 1 N–H and O–H groups in total. The van der Waals surface area contributed by atoms with Gasteiger partial charge in [-0.3, -0.25) is 4.79 Å². The monoisotopic (exact) mass is 222 g/mol. The van der Waals surface area contributed by atoms with Crippen molar-refractivity contribution in [3.8, 4) is 5.75 Å². The zero-order valence-electron chi connectivity index (χ0n) is 10.2. The first-order valence-corrected chi connectivity index (χ1v) is 5.38. The van der Waals surface area contributed by atoms with E-state index < -0.39 is 5.97 Å². The first-order valence-electron chi connectivity index (χ1n) is 5.38. The van der Waals surface area contributed by atoms with Crippen LogP contribution in [0.1, 0.15) is 30.5 Å². The maximum atomic E-state index is 10.7. The molecule has 0 aliphatic rings. The number of ether oxygens (including phenoxy) is 1. The maximum Gasteiger partial charge on any atom is 0.307 e. The van der Waals surface area contributed by atoms with Crippen LogP contribution in [0.25, 0.3) is 0 Å². The number of hydrogen-bond acceptors (Lipinski definition) is 2. The number of rotatable bonds is 4. The van der Waals surface area contributed by atoms with E-state index in [4.69, 9.17) is 9.84 Å². The number of carbonyl (C=O) groups is 1. The minimum absolute atomic E-state index is 0.0641. The zero-order chi connectivity index (χ0) is 12.3. The van der Waals surface area contributed by atoms with Crippen molar-refractivity contribution >= 4 is 5.97 Å². The Labute approximate surface area is 96.1 Å². The van der Waals surface area contributed by atoms with Gasteiger partial charge in [0.1, 0.15) is 5.75 Å². The second-order valence-electron chi connectivity index (χ2n) is 4.28. The highest BCUT2D eigenvalue weighted by Crippen LogP contribution is 2.24. The highest BCUT2D eigenvalue weighted by Gasteiger charge is 2.09. The topological polar surface area (TPSA) is 46.5 Å². The third-order valence-electron chi connectivity index (χ3n) is 2.34. The summed E-state index contributed by atoms with van der Waals surface area (Å²) in [6.45, 7) is 7.78. The summed E-state index contributed by atoms with van der Waals surface area (Å²) in [6.07, 6.45) is 0.192. The molecule has 0 saturated heterocycles. The number of benzene rings is 1. The van der Waals surface area contributed by atoms with Crippen LogP contribution in [0.3, 0.4) is 0 Å². The molecular formula is C13H18O3. The van der Waals surface area contributed by atoms with Crippen molar-refractivity contribution in [3.05, 3.63) is 28.8 Å². The van der Waals surface area contributed by atoms with E-state index in [2.05, 4.69) is 0 Å². The molecular weight excluding hydrogens is 204 g/mol. The van der Waals surface area contributed by atoms with Crippen molar-refractivity contribution in [2.24, 2.45) is 0 Å². The van der Waals surface area contributed by atoms with Crippen molar-refractivity contribution in [3.63, 3.8) is 0 Å². The van der Waals surface area contributed by atoms with Gasteiger partial charge in [0, 0.05) is 0 Å². The van der Waals surface area contributed by atoms with Crippen LogP contribution in [0.4, 0.5) is 0 Å². The molecule has 3 heteroatoms. The predicted octanol–water partition coefficient (Wildman–Crippen LogP) is 2.72. The summed E-state index contributed by atoms with van der Waals surface area (Å²) in [5.74, 6) is 0.0293. The first kappa shape index (κ1) is 12.6. The van der Waals surface area contributed by atoms with Crippen LogP contribution in [0, 0.1) is 13.8 Å². The number of carboxylic acid groups (broad SMARTS) is 1. The van der Waals surface area contributed by atoms with Crippen LogP contribution in [0.5, 0.6) is 5.75 Å². The maximum absolute atomic E-state index is 10.7. The largest absolute Gasteiger partial charge is 0.491 e. The van der Waals surface area contributed by atoms with Crippen molar-refractivity contribution in [2.45, 2.75) is 40.2 Å². The van der Waals surface area contributed by atoms with Gasteiger partial charge in [0.15, 0.2) is 0 Å². The van der Waals surface area contributed by atoms with Gasteiger partial charge in [-0.05, 0) is 50.5 Å². The van der Waals surface area contributed by atoms with Gasteiger partial charge in [-0.2, -0.15) is 0 Å². The van der Waals surface area contributed by atoms with Gasteiger partial charge in [-0.15, -0.1) is 0 Å². The van der Waals surface area contributed by atoms with Gasteiger partial charge in [-0.1, -0.05) is 6.07 Å². The summed E-state index contributed by atoms with van der Waals surface area (Å²) >= 11 is 0. The average molecular weight is 222 g/mol. The molecule has 0 aliphatic heterocycles. The fourth-order valence-corrected chi connectivity index (χ4v) is 1.58. The van der Waals surface area contributed by atoms with Crippen LogP contribution in [-0.4, -0.2) is 17.2 Å². The molecule has 0 aliphatic carbocycles. The summed E-state index contributed by atoms with van der Waals surface area (Å²) in [5, 5.41) is 8.77. The van der Waals surface area contributed by atoms with Gasteiger partial charge < -0.3 is 9.84 Å². The summed E-state index contributed by atoms with van der Waals surface area (Å²) < 4.78 is 5.64. The number of hydrogen-bond donors (Lipinski definition) is 1. The quantitative estimate of drug-likeness (QED) is 0.852. The lowest BCUT2D eigenvalue weighted by Gasteiger charge is -2.15. The molecule has 0 aromatic heterocycles. The molecule has 1 aromatic rings. The third-order valence-corrected chi connectivity index (χ3v) is 2.34. The Bertz CT molecular complexity index is 394. The van der Waals surface area contributed by atoms with E-state index >= 15 is 0 Å². The van der Waals surface area contributed by atoms with E-state index in [9.17, 15) is 4.79 Å². The molecule has 0 fully saturated rings. The number of aryl methyl sites for hydroxylation is 2. The van der Waals surface area contributed by atoms with E-state index in [1.54, 1.807) is 0 Å². The van der Waals surface area contributed by atoms with Crippen LogP contribution in [0.2, 0.25) is 0 Å². The summed E-state index contributed by atoms with van der Waals surface area (Å²) in [4.78, 5) is 10.7. The molecule has 0 atom stereocenters. The van der Waals surface area contributed by atoms with Crippen LogP contribution in [-0.2, 0) is 11.2 Å². The first-order chi connectivity index (χ1) is 7.40. The van der Waals surface area contributed by atoms with E-state index in [0.717, 1.165) is 22.4 Å². The van der Waals surface area contributed by atoms with Crippen molar-refractivity contribution in [2.75, 3.05) is 0 Å². The SMILES string of the molecule is Cc1cc(OC(C)C)c(C)cc1CC(=O)O. The minimum atomic E-state index is -0.806. The molecule has 3 nitrogen and oxygen atoms in total. The van der Waals surface area contributed by atoms with Crippen LogP contribution < -0.4 is 4.74 Å². The third kappa shape index (κ3) is 3.26. The van der Waals surface area contributed by atoms with E-state index in [0.29, 0.717) is 0 Å². The number of carboxylic acids is 1. The molecule has 0 heterocycles. The summed E-state index contributed by atoms with van der Waals surface area (Å²) in [6, 6.07) is 3.80. The fraction of sp³-hybridized carbons (Fsp3) is 0.462. The predicted molar refractivity (Wildman–Crippen MR) is 63.0 cm³/mol. The molecule has 0 unspecified atom stereocenters. The summed E-state index contributed by atoms with van der Waals surface area (Å²) in [7, 11) is 0. The Hall–Kier alpha value is -1.51. The van der Waals surface area contributed by atoms with E-state index in [1.165, 1.54) is 0 Å². The lowest BCUT2D eigenvalue weighted by atomic mass is 10.0. The average Bonchev–Trinajstić information content (AvgIpc) is 2.11.